The van der Waals surface area contributed by atoms with Crippen LogP contribution in [-0.2, 0) is 6.42 Å². The minimum absolute atomic E-state index is 0. The van der Waals surface area contributed by atoms with Crippen LogP contribution < -0.4 is 0 Å². The number of hydrogen-bond donors (Lipinski definition) is 0. The normalized spacial score (nSPS) is 18.6. The minimum Gasteiger partial charge on any atom is -0.301 e. The number of aryl methyl sites for hydroxylation is 1. The van der Waals surface area contributed by atoms with Gasteiger partial charge in [-0.05, 0) is 69.3 Å². The summed E-state index contributed by atoms with van der Waals surface area (Å²) in [6.45, 7) is 7.21. The van der Waals surface area contributed by atoms with Gasteiger partial charge in [0.15, 0.2) is 0 Å². The Balaban J connectivity index is 0.00000200. The van der Waals surface area contributed by atoms with Crippen molar-refractivity contribution in [2.75, 3.05) is 13.1 Å². The number of hydrogen-bond acceptors (Lipinski definition) is 1. The third-order valence-electron chi connectivity index (χ3n) is 4.28. The van der Waals surface area contributed by atoms with E-state index in [0.717, 1.165) is 12.3 Å². The summed E-state index contributed by atoms with van der Waals surface area (Å²) >= 11 is 12.0. The lowest BCUT2D eigenvalue weighted by molar-refractivity contribution is 0.141. The van der Waals surface area contributed by atoms with Gasteiger partial charge in [-0.2, -0.15) is 0 Å². The Morgan fingerprint density at radius 1 is 1.20 bits per heavy atom. The molecule has 1 aliphatic heterocycles. The van der Waals surface area contributed by atoms with Crippen LogP contribution in [-0.4, -0.2) is 24.0 Å². The summed E-state index contributed by atoms with van der Waals surface area (Å²) in [5.41, 5.74) is 1.28. The molecule has 0 amide bonds. The lowest BCUT2D eigenvalue weighted by Gasteiger charge is -2.35. The SMILES string of the molecule is C.CC1CCN(C(C)CCc2ccc(Cl)c(Cl)c2)CC1. The van der Waals surface area contributed by atoms with E-state index in [1.54, 1.807) is 0 Å². The summed E-state index contributed by atoms with van der Waals surface area (Å²) in [4.78, 5) is 2.62. The first-order chi connectivity index (χ1) is 9.06. The average molecular weight is 316 g/mol. The predicted molar refractivity (Wildman–Crippen MR) is 90.9 cm³/mol. The molecule has 1 unspecified atom stereocenters. The van der Waals surface area contributed by atoms with E-state index in [2.05, 4.69) is 24.8 Å². The molecule has 20 heavy (non-hydrogen) atoms. The topological polar surface area (TPSA) is 3.24 Å². The van der Waals surface area contributed by atoms with Gasteiger partial charge in [-0.1, -0.05) is 43.6 Å². The zero-order valence-electron chi connectivity index (χ0n) is 11.8. The van der Waals surface area contributed by atoms with Gasteiger partial charge in [0.05, 0.1) is 10.0 Å². The van der Waals surface area contributed by atoms with Gasteiger partial charge >= 0.3 is 0 Å². The number of rotatable bonds is 4. The molecule has 114 valence electrons. The lowest BCUT2D eigenvalue weighted by atomic mass is 9.96. The summed E-state index contributed by atoms with van der Waals surface area (Å²) in [5.74, 6) is 0.901. The smallest absolute Gasteiger partial charge is 0.0595 e. The maximum atomic E-state index is 6.05. The van der Waals surface area contributed by atoms with Crippen LogP contribution in [0, 0.1) is 5.92 Å². The number of nitrogens with zero attached hydrogens (tertiary/aromatic N) is 1. The van der Waals surface area contributed by atoms with E-state index in [9.17, 15) is 0 Å². The number of likely N-dealkylation sites (tertiary alicyclic amines) is 1. The van der Waals surface area contributed by atoms with E-state index in [1.165, 1.54) is 37.9 Å². The molecule has 1 fully saturated rings. The summed E-state index contributed by atoms with van der Waals surface area (Å²) < 4.78 is 0. The standard InChI is InChI=1S/C16H23Cl2N.CH4/c1-12-7-9-19(10-8-12)13(2)3-4-14-5-6-15(17)16(18)11-14;/h5-6,11-13H,3-4,7-10H2,1-2H3;1H4. The van der Waals surface area contributed by atoms with Crippen molar-refractivity contribution in [1.29, 1.82) is 0 Å². The van der Waals surface area contributed by atoms with E-state index < -0.39 is 0 Å². The van der Waals surface area contributed by atoms with Gasteiger partial charge < -0.3 is 4.90 Å². The fraction of sp³-hybridized carbons (Fsp3) is 0.647. The zero-order chi connectivity index (χ0) is 13.8. The maximum Gasteiger partial charge on any atom is 0.0595 e. The van der Waals surface area contributed by atoms with Crippen molar-refractivity contribution < 1.29 is 0 Å². The van der Waals surface area contributed by atoms with Crippen LogP contribution in [0.15, 0.2) is 18.2 Å². The molecule has 1 aromatic rings. The molecule has 0 N–H and O–H groups in total. The summed E-state index contributed by atoms with van der Waals surface area (Å²) in [6.07, 6.45) is 4.95. The molecule has 0 spiro atoms. The van der Waals surface area contributed by atoms with Gasteiger partial charge in [-0.15, -0.1) is 0 Å². The predicted octanol–water partition coefficient (Wildman–Crippen LogP) is 5.68. The van der Waals surface area contributed by atoms with Crippen molar-refractivity contribution in [3.63, 3.8) is 0 Å². The van der Waals surface area contributed by atoms with E-state index in [0.29, 0.717) is 16.1 Å². The molecule has 0 saturated carbocycles. The van der Waals surface area contributed by atoms with Gasteiger partial charge in [0.1, 0.15) is 0 Å². The molecule has 1 aliphatic rings. The fourth-order valence-corrected chi connectivity index (χ4v) is 3.04. The molecular weight excluding hydrogens is 289 g/mol. The Morgan fingerprint density at radius 2 is 1.85 bits per heavy atom. The highest BCUT2D eigenvalue weighted by Gasteiger charge is 2.19. The van der Waals surface area contributed by atoms with Crippen LogP contribution >= 0.6 is 23.2 Å². The quantitative estimate of drug-likeness (QED) is 0.690. The Morgan fingerprint density at radius 3 is 2.45 bits per heavy atom. The van der Waals surface area contributed by atoms with Gasteiger partial charge in [-0.25, -0.2) is 0 Å². The Labute approximate surface area is 134 Å². The highest BCUT2D eigenvalue weighted by atomic mass is 35.5. The molecule has 1 atom stereocenters. The Bertz CT molecular complexity index is 411. The highest BCUT2D eigenvalue weighted by molar-refractivity contribution is 6.42. The van der Waals surface area contributed by atoms with Crippen molar-refractivity contribution in [3.8, 4) is 0 Å². The molecule has 1 aromatic carbocycles. The number of benzene rings is 1. The first kappa shape index (κ1) is 17.8. The fourth-order valence-electron chi connectivity index (χ4n) is 2.72. The molecule has 0 aliphatic carbocycles. The summed E-state index contributed by atoms with van der Waals surface area (Å²) in [7, 11) is 0. The molecule has 1 nitrogen and oxygen atoms in total. The summed E-state index contributed by atoms with van der Waals surface area (Å²) in [6, 6.07) is 6.63. The lowest BCUT2D eigenvalue weighted by Crippen LogP contribution is -2.39. The van der Waals surface area contributed by atoms with Crippen LogP contribution in [0.1, 0.15) is 46.1 Å². The van der Waals surface area contributed by atoms with Crippen LogP contribution in [0.3, 0.4) is 0 Å². The Kier molecular flexibility index (Phi) is 7.36. The number of halogens is 2. The second kappa shape index (κ2) is 8.26. The molecule has 1 saturated heterocycles. The number of piperidine rings is 1. The van der Waals surface area contributed by atoms with E-state index in [1.807, 2.05) is 12.1 Å². The molecular formula is C17H27Cl2N. The van der Waals surface area contributed by atoms with Crippen molar-refractivity contribution in [2.24, 2.45) is 5.92 Å². The van der Waals surface area contributed by atoms with E-state index in [4.69, 9.17) is 23.2 Å². The van der Waals surface area contributed by atoms with Crippen LogP contribution in [0.2, 0.25) is 10.0 Å². The largest absolute Gasteiger partial charge is 0.301 e. The van der Waals surface area contributed by atoms with Crippen molar-refractivity contribution in [2.45, 2.75) is 53.0 Å². The zero-order valence-corrected chi connectivity index (χ0v) is 13.3. The monoisotopic (exact) mass is 315 g/mol. The molecule has 0 bridgehead atoms. The molecule has 2 rings (SSSR count). The minimum atomic E-state index is 0. The first-order valence-electron chi connectivity index (χ1n) is 7.24. The maximum absolute atomic E-state index is 6.05. The van der Waals surface area contributed by atoms with Gasteiger partial charge in [0, 0.05) is 6.04 Å². The van der Waals surface area contributed by atoms with Gasteiger partial charge in [-0.3, -0.25) is 0 Å². The first-order valence-corrected chi connectivity index (χ1v) is 8.00. The van der Waals surface area contributed by atoms with Crippen LogP contribution in [0.5, 0.6) is 0 Å². The molecule has 1 heterocycles. The van der Waals surface area contributed by atoms with Gasteiger partial charge in [0.25, 0.3) is 0 Å². The highest BCUT2D eigenvalue weighted by Crippen LogP contribution is 2.24. The van der Waals surface area contributed by atoms with E-state index in [-0.39, 0.29) is 7.43 Å². The molecule has 0 radical (unpaired) electrons. The van der Waals surface area contributed by atoms with Crippen LogP contribution in [0.4, 0.5) is 0 Å². The second-order valence-electron chi connectivity index (χ2n) is 5.85. The summed E-state index contributed by atoms with van der Waals surface area (Å²) in [5, 5.41) is 1.31. The van der Waals surface area contributed by atoms with Crippen molar-refractivity contribution in [3.05, 3.63) is 33.8 Å². The average Bonchev–Trinajstić information content (AvgIpc) is 2.40. The van der Waals surface area contributed by atoms with Crippen molar-refractivity contribution >= 4 is 23.2 Å². The Hall–Kier alpha value is -0.240. The molecule has 0 aromatic heterocycles. The van der Waals surface area contributed by atoms with Crippen molar-refractivity contribution in [1.82, 2.24) is 4.90 Å². The third kappa shape index (κ3) is 4.95. The van der Waals surface area contributed by atoms with E-state index >= 15 is 0 Å². The van der Waals surface area contributed by atoms with Crippen LogP contribution in [0.25, 0.3) is 0 Å². The second-order valence-corrected chi connectivity index (χ2v) is 6.67. The third-order valence-corrected chi connectivity index (χ3v) is 5.02. The van der Waals surface area contributed by atoms with Gasteiger partial charge in [0.2, 0.25) is 0 Å². The molecule has 3 heteroatoms.